The number of hydrogen-bond donors (Lipinski definition) is 2. The molecule has 1 aromatic carbocycles. The quantitative estimate of drug-likeness (QED) is 0.320. The Morgan fingerprint density at radius 3 is 2.50 bits per heavy atom. The number of morpholine rings is 1. The van der Waals surface area contributed by atoms with Crippen molar-refractivity contribution in [3.63, 3.8) is 0 Å². The molecule has 0 saturated carbocycles. The minimum absolute atomic E-state index is 0.162. The molecule has 0 spiro atoms. The van der Waals surface area contributed by atoms with Crippen LogP contribution in [0.3, 0.4) is 0 Å². The van der Waals surface area contributed by atoms with Crippen molar-refractivity contribution < 1.29 is 23.2 Å². The first kappa shape index (κ1) is 26.3. The van der Waals surface area contributed by atoms with Gasteiger partial charge in [-0.3, -0.25) is 10.0 Å². The van der Waals surface area contributed by atoms with E-state index < -0.39 is 15.7 Å². The number of anilines is 2. The van der Waals surface area contributed by atoms with Crippen molar-refractivity contribution in [3.05, 3.63) is 47.9 Å². The van der Waals surface area contributed by atoms with Gasteiger partial charge in [0, 0.05) is 62.6 Å². The second-order valence-electron chi connectivity index (χ2n) is 9.08. The van der Waals surface area contributed by atoms with Gasteiger partial charge in [0.15, 0.2) is 15.7 Å². The molecule has 4 heterocycles. The number of ether oxygens (including phenoxy) is 1. The van der Waals surface area contributed by atoms with Crippen molar-refractivity contribution in [2.45, 2.75) is 21.5 Å². The number of carbonyl (C=O) groups excluding carboxylic acids is 1. The Hall–Kier alpha value is -3.33. The number of aromatic nitrogens is 4. The number of nitrogens with zero attached hydrogens (tertiary/aromatic N) is 6. The maximum atomic E-state index is 11.9. The summed E-state index contributed by atoms with van der Waals surface area (Å²) in [6, 6.07) is 6.65. The van der Waals surface area contributed by atoms with Gasteiger partial charge in [-0.2, -0.15) is 0 Å². The molecule has 2 aromatic heterocycles. The lowest BCUT2D eigenvalue weighted by Crippen LogP contribution is -2.37. The van der Waals surface area contributed by atoms with E-state index in [1.165, 1.54) is 18.6 Å². The summed E-state index contributed by atoms with van der Waals surface area (Å²) in [5.74, 6) is 1.21. The molecule has 2 N–H and O–H groups in total. The molecule has 38 heavy (non-hydrogen) atoms. The summed E-state index contributed by atoms with van der Waals surface area (Å²) in [5.41, 5.74) is 3.43. The van der Waals surface area contributed by atoms with E-state index in [-0.39, 0.29) is 15.7 Å². The van der Waals surface area contributed by atoms with Crippen molar-refractivity contribution >= 4 is 39.3 Å². The van der Waals surface area contributed by atoms with Crippen LogP contribution in [0.25, 0.3) is 11.4 Å². The van der Waals surface area contributed by atoms with Gasteiger partial charge in [0.1, 0.15) is 5.82 Å². The summed E-state index contributed by atoms with van der Waals surface area (Å²) >= 11 is 1.72. The molecule has 0 bridgehead atoms. The van der Waals surface area contributed by atoms with Gasteiger partial charge in [0.25, 0.3) is 5.91 Å². The lowest BCUT2D eigenvalue weighted by atomic mass is 10.1. The smallest absolute Gasteiger partial charge is 0.277 e. The predicted octanol–water partition coefficient (Wildman–Crippen LogP) is 1.45. The average molecular weight is 558 g/mol. The van der Waals surface area contributed by atoms with Crippen molar-refractivity contribution in [2.24, 2.45) is 0 Å². The van der Waals surface area contributed by atoms with Crippen molar-refractivity contribution in [1.82, 2.24) is 25.4 Å². The Morgan fingerprint density at radius 2 is 1.87 bits per heavy atom. The highest BCUT2D eigenvalue weighted by atomic mass is 32.2. The summed E-state index contributed by atoms with van der Waals surface area (Å²) in [6.45, 7) is 3.32. The number of amides is 1. The van der Waals surface area contributed by atoms with Gasteiger partial charge in [-0.1, -0.05) is 0 Å². The zero-order chi connectivity index (χ0) is 26.9. The maximum absolute atomic E-state index is 11.9. The average Bonchev–Trinajstić information content (AvgIpc) is 3.34. The lowest BCUT2D eigenvalue weighted by molar-refractivity contribution is 0.0705. The minimum Gasteiger partial charge on any atom is -0.378 e. The first-order valence-corrected chi connectivity index (χ1v) is 14.7. The van der Waals surface area contributed by atoms with Gasteiger partial charge in [-0.25, -0.2) is 33.8 Å². The summed E-state index contributed by atoms with van der Waals surface area (Å²) in [4.78, 5) is 35.3. The number of carbonyl (C=O) groups is 1. The first-order valence-electron chi connectivity index (χ1n) is 11.9. The highest BCUT2D eigenvalue weighted by Gasteiger charge is 2.32. The van der Waals surface area contributed by atoms with E-state index in [1.807, 2.05) is 11.9 Å². The van der Waals surface area contributed by atoms with Crippen LogP contribution in [-0.2, 0) is 21.0 Å². The fourth-order valence-corrected chi connectivity index (χ4v) is 6.37. The van der Waals surface area contributed by atoms with Crippen molar-refractivity contribution in [3.8, 4) is 11.4 Å². The Labute approximate surface area is 224 Å². The van der Waals surface area contributed by atoms with Crippen LogP contribution in [0.4, 0.5) is 11.8 Å². The highest BCUT2D eigenvalue weighted by Crippen LogP contribution is 2.43. The zero-order valence-corrected chi connectivity index (χ0v) is 22.5. The number of sulfone groups is 1. The lowest BCUT2D eigenvalue weighted by Gasteiger charge is -2.29. The molecule has 1 amide bonds. The molecule has 1 atom stereocenters. The monoisotopic (exact) mass is 557 g/mol. The van der Waals surface area contributed by atoms with Crippen LogP contribution in [0, 0.1) is 0 Å². The van der Waals surface area contributed by atoms with Crippen LogP contribution < -0.4 is 15.3 Å². The molecular weight excluding hydrogens is 530 g/mol. The van der Waals surface area contributed by atoms with E-state index in [0.29, 0.717) is 38.0 Å². The summed E-state index contributed by atoms with van der Waals surface area (Å²) in [6.07, 6.45) is 4.63. The number of benzene rings is 1. The number of fused-ring (bicyclic) bond motifs is 1. The first-order chi connectivity index (χ1) is 18.2. The molecule has 2 aliphatic rings. The van der Waals surface area contributed by atoms with Gasteiger partial charge in [-0.15, -0.1) is 11.8 Å². The Balaban J connectivity index is 1.40. The number of hydrogen-bond acceptors (Lipinski definition) is 12. The van der Waals surface area contributed by atoms with Gasteiger partial charge >= 0.3 is 0 Å². The molecule has 1 saturated heterocycles. The van der Waals surface area contributed by atoms with Gasteiger partial charge in [-0.05, 0) is 24.3 Å². The molecule has 5 rings (SSSR count). The number of rotatable bonds is 7. The second kappa shape index (κ2) is 10.8. The predicted molar refractivity (Wildman–Crippen MR) is 142 cm³/mol. The number of thioether (sulfide) groups is 1. The van der Waals surface area contributed by atoms with E-state index >= 15 is 0 Å². The van der Waals surface area contributed by atoms with Crippen LogP contribution in [0.2, 0.25) is 0 Å². The summed E-state index contributed by atoms with van der Waals surface area (Å²) < 4.78 is 29.3. The Bertz CT molecular complexity index is 1430. The zero-order valence-electron chi connectivity index (χ0n) is 20.9. The Kier molecular flexibility index (Phi) is 7.47. The molecule has 14 heteroatoms. The van der Waals surface area contributed by atoms with Gasteiger partial charge < -0.3 is 14.5 Å². The van der Waals surface area contributed by atoms with Crippen LogP contribution in [0.5, 0.6) is 0 Å². The minimum atomic E-state index is -3.30. The van der Waals surface area contributed by atoms with Gasteiger partial charge in [0.05, 0.1) is 34.3 Å². The van der Waals surface area contributed by atoms with Gasteiger partial charge in [0.2, 0.25) is 5.95 Å². The summed E-state index contributed by atoms with van der Waals surface area (Å²) in [7, 11) is -1.42. The molecule has 12 nitrogen and oxygen atoms in total. The molecular formula is C24H27N7O5S2. The molecule has 0 radical (unpaired) electrons. The molecule has 3 aromatic rings. The van der Waals surface area contributed by atoms with Crippen molar-refractivity contribution in [2.75, 3.05) is 56.0 Å². The number of hydroxylamine groups is 1. The van der Waals surface area contributed by atoms with Crippen LogP contribution in [0.15, 0.2) is 46.5 Å². The maximum Gasteiger partial charge on any atom is 0.277 e. The number of nitrogens with one attached hydrogen (secondary N) is 1. The van der Waals surface area contributed by atoms with E-state index in [1.54, 1.807) is 41.5 Å². The SMILES string of the molecule is CN(CC1Cc2nc(-c3ccc(S(C)(=O)=O)cc3)nc(N3CCOCC3)c2S1)c1ncc(C(=O)NO)cn1. The molecule has 0 aliphatic carbocycles. The highest BCUT2D eigenvalue weighted by molar-refractivity contribution is 8.00. The van der Waals surface area contributed by atoms with Crippen LogP contribution in [-0.4, -0.2) is 90.9 Å². The molecule has 200 valence electrons. The fraction of sp³-hybridized carbons (Fsp3) is 0.375. The normalized spacial score (nSPS) is 17.2. The largest absolute Gasteiger partial charge is 0.378 e. The molecule has 1 fully saturated rings. The van der Waals surface area contributed by atoms with E-state index in [4.69, 9.17) is 19.9 Å². The second-order valence-corrected chi connectivity index (χ2v) is 12.4. The van der Waals surface area contributed by atoms with Crippen LogP contribution >= 0.6 is 11.8 Å². The van der Waals surface area contributed by atoms with E-state index in [2.05, 4.69) is 14.9 Å². The fourth-order valence-electron chi connectivity index (χ4n) is 4.33. The molecule has 2 aliphatic heterocycles. The summed E-state index contributed by atoms with van der Waals surface area (Å²) in [5, 5.41) is 8.94. The van der Waals surface area contributed by atoms with E-state index in [0.717, 1.165) is 35.1 Å². The Morgan fingerprint density at radius 1 is 1.18 bits per heavy atom. The standard InChI is InChI=1S/C24H27N7O5S2/c1-30(24-25-12-16(13-26-24)23(32)29-33)14-17-11-19-20(37-17)22(31-7-9-36-10-8-31)28-21(27-19)15-3-5-18(6-4-15)38(2,34)35/h3-6,12-13,17,33H,7-11,14H2,1-2H3,(H,29,32). The topological polar surface area (TPSA) is 151 Å². The van der Waals surface area contributed by atoms with Crippen molar-refractivity contribution in [1.29, 1.82) is 0 Å². The molecule has 1 unspecified atom stereocenters. The van der Waals surface area contributed by atoms with Crippen LogP contribution in [0.1, 0.15) is 16.1 Å². The van der Waals surface area contributed by atoms with E-state index in [9.17, 15) is 13.2 Å². The third-order valence-corrected chi connectivity index (χ3v) is 8.73. The third-order valence-electron chi connectivity index (χ3n) is 6.30. The third kappa shape index (κ3) is 5.57.